The summed E-state index contributed by atoms with van der Waals surface area (Å²) in [6.45, 7) is 5.33. The highest BCUT2D eigenvalue weighted by atomic mass is 32.2. The third-order valence-corrected chi connectivity index (χ3v) is 4.09. The summed E-state index contributed by atoms with van der Waals surface area (Å²) in [6, 6.07) is 0.760. The van der Waals surface area contributed by atoms with Crippen LogP contribution in [-0.2, 0) is 4.74 Å². The zero-order chi connectivity index (χ0) is 9.15. The molecule has 2 saturated heterocycles. The van der Waals surface area contributed by atoms with Gasteiger partial charge in [0.1, 0.15) is 0 Å². The van der Waals surface area contributed by atoms with Crippen molar-refractivity contribution in [2.24, 2.45) is 5.41 Å². The van der Waals surface area contributed by atoms with Gasteiger partial charge in [0.25, 0.3) is 0 Å². The summed E-state index contributed by atoms with van der Waals surface area (Å²) in [4.78, 5) is 0. The molecule has 0 radical (unpaired) electrons. The number of nitrogens with one attached hydrogen (secondary N) is 1. The Hall–Kier alpha value is 0.270. The van der Waals surface area contributed by atoms with E-state index in [0.717, 1.165) is 25.8 Å². The smallest absolute Gasteiger partial charge is 0.0554 e. The summed E-state index contributed by atoms with van der Waals surface area (Å²) in [6.07, 6.45) is 2.75. The summed E-state index contributed by atoms with van der Waals surface area (Å²) in [5.74, 6) is 2.66. The second kappa shape index (κ2) is 4.20. The van der Waals surface area contributed by atoms with Crippen LogP contribution in [0.2, 0.25) is 0 Å². The van der Waals surface area contributed by atoms with Crippen LogP contribution in [0.15, 0.2) is 0 Å². The Morgan fingerprint density at radius 1 is 1.54 bits per heavy atom. The monoisotopic (exact) mass is 201 g/mol. The first-order valence-corrected chi connectivity index (χ1v) is 6.33. The fourth-order valence-electron chi connectivity index (χ4n) is 1.85. The SMILES string of the molecule is CC1(CNC2CCCSC2)COC1. The van der Waals surface area contributed by atoms with E-state index in [9.17, 15) is 0 Å². The van der Waals surface area contributed by atoms with Crippen molar-refractivity contribution >= 4 is 11.8 Å². The zero-order valence-corrected chi connectivity index (χ0v) is 9.16. The van der Waals surface area contributed by atoms with E-state index in [1.807, 2.05) is 0 Å². The van der Waals surface area contributed by atoms with E-state index in [1.165, 1.54) is 24.3 Å². The molecule has 2 aliphatic heterocycles. The van der Waals surface area contributed by atoms with E-state index in [1.54, 1.807) is 0 Å². The molecule has 0 spiro atoms. The lowest BCUT2D eigenvalue weighted by Crippen LogP contribution is -2.50. The van der Waals surface area contributed by atoms with Gasteiger partial charge in [0, 0.05) is 23.8 Å². The molecule has 2 rings (SSSR count). The first-order valence-electron chi connectivity index (χ1n) is 5.17. The van der Waals surface area contributed by atoms with E-state index in [4.69, 9.17) is 4.74 Å². The molecule has 2 heterocycles. The van der Waals surface area contributed by atoms with E-state index in [2.05, 4.69) is 24.0 Å². The molecule has 0 aromatic heterocycles. The Balaban J connectivity index is 1.66. The van der Waals surface area contributed by atoms with E-state index >= 15 is 0 Å². The molecular formula is C10H19NOS. The van der Waals surface area contributed by atoms with Gasteiger partial charge in [0.15, 0.2) is 0 Å². The van der Waals surface area contributed by atoms with E-state index < -0.39 is 0 Å². The lowest BCUT2D eigenvalue weighted by atomic mass is 9.88. The molecule has 1 unspecified atom stereocenters. The Morgan fingerprint density at radius 2 is 2.38 bits per heavy atom. The number of ether oxygens (including phenoxy) is 1. The summed E-state index contributed by atoms with van der Waals surface area (Å²) in [7, 11) is 0. The summed E-state index contributed by atoms with van der Waals surface area (Å²) in [5.41, 5.74) is 0.433. The van der Waals surface area contributed by atoms with Crippen molar-refractivity contribution < 1.29 is 4.74 Å². The maximum absolute atomic E-state index is 5.23. The van der Waals surface area contributed by atoms with Crippen molar-refractivity contribution in [1.29, 1.82) is 0 Å². The minimum atomic E-state index is 0.433. The Bertz CT molecular complexity index is 164. The molecule has 1 N–H and O–H groups in total. The van der Waals surface area contributed by atoms with Crippen LogP contribution in [0.5, 0.6) is 0 Å². The topological polar surface area (TPSA) is 21.3 Å². The largest absolute Gasteiger partial charge is 0.380 e. The quantitative estimate of drug-likeness (QED) is 0.748. The lowest BCUT2D eigenvalue weighted by molar-refractivity contribution is -0.0998. The van der Waals surface area contributed by atoms with E-state index in [-0.39, 0.29) is 0 Å². The van der Waals surface area contributed by atoms with Gasteiger partial charge in [-0.1, -0.05) is 6.92 Å². The van der Waals surface area contributed by atoms with Gasteiger partial charge in [-0.3, -0.25) is 0 Å². The Labute approximate surface area is 84.8 Å². The third-order valence-electron chi connectivity index (χ3n) is 2.88. The van der Waals surface area contributed by atoms with Crippen LogP contribution in [0.1, 0.15) is 19.8 Å². The molecule has 2 nitrogen and oxygen atoms in total. The highest BCUT2D eigenvalue weighted by molar-refractivity contribution is 7.99. The molecule has 76 valence electrons. The molecule has 0 saturated carbocycles. The van der Waals surface area contributed by atoms with Crippen molar-refractivity contribution in [3.8, 4) is 0 Å². The van der Waals surface area contributed by atoms with Crippen LogP contribution in [-0.4, -0.2) is 37.3 Å². The van der Waals surface area contributed by atoms with Crippen molar-refractivity contribution in [3.63, 3.8) is 0 Å². The van der Waals surface area contributed by atoms with Gasteiger partial charge in [-0.15, -0.1) is 0 Å². The molecule has 0 aromatic carbocycles. The van der Waals surface area contributed by atoms with Gasteiger partial charge in [-0.2, -0.15) is 11.8 Å². The highest BCUT2D eigenvalue weighted by Crippen LogP contribution is 2.26. The summed E-state index contributed by atoms with van der Waals surface area (Å²) >= 11 is 2.09. The molecule has 0 aromatic rings. The maximum atomic E-state index is 5.23. The average molecular weight is 201 g/mol. The fraction of sp³-hybridized carbons (Fsp3) is 1.00. The van der Waals surface area contributed by atoms with Crippen molar-refractivity contribution in [2.45, 2.75) is 25.8 Å². The summed E-state index contributed by atoms with van der Waals surface area (Å²) in [5, 5.41) is 3.66. The number of hydrogen-bond donors (Lipinski definition) is 1. The number of hydrogen-bond acceptors (Lipinski definition) is 3. The first-order chi connectivity index (χ1) is 6.29. The second-order valence-electron chi connectivity index (χ2n) is 4.60. The van der Waals surface area contributed by atoms with Gasteiger partial charge >= 0.3 is 0 Å². The normalized spacial score (nSPS) is 32.5. The molecule has 0 amide bonds. The van der Waals surface area contributed by atoms with E-state index in [0.29, 0.717) is 5.41 Å². The van der Waals surface area contributed by atoms with Crippen molar-refractivity contribution in [1.82, 2.24) is 5.32 Å². The first kappa shape index (κ1) is 9.81. The lowest BCUT2D eigenvalue weighted by Gasteiger charge is -2.39. The molecule has 13 heavy (non-hydrogen) atoms. The number of thioether (sulfide) groups is 1. The Kier molecular flexibility index (Phi) is 3.17. The maximum Gasteiger partial charge on any atom is 0.0554 e. The van der Waals surface area contributed by atoms with Crippen molar-refractivity contribution in [3.05, 3.63) is 0 Å². The molecule has 1 atom stereocenters. The molecule has 2 fully saturated rings. The van der Waals surface area contributed by atoms with Crippen LogP contribution in [0.25, 0.3) is 0 Å². The predicted octanol–water partition coefficient (Wildman–Crippen LogP) is 1.51. The van der Waals surface area contributed by atoms with Crippen molar-refractivity contribution in [2.75, 3.05) is 31.3 Å². The molecular weight excluding hydrogens is 182 g/mol. The van der Waals surface area contributed by atoms with Crippen LogP contribution in [0.3, 0.4) is 0 Å². The molecule has 3 heteroatoms. The third kappa shape index (κ3) is 2.61. The fourth-order valence-corrected chi connectivity index (χ4v) is 2.95. The minimum absolute atomic E-state index is 0.433. The standard InChI is InChI=1S/C10H19NOS/c1-10(7-12-8-10)6-11-9-3-2-4-13-5-9/h9,11H,2-8H2,1H3. The van der Waals surface area contributed by atoms with Gasteiger partial charge in [0.2, 0.25) is 0 Å². The molecule has 0 aliphatic carbocycles. The number of rotatable bonds is 3. The van der Waals surface area contributed by atoms with Crippen LogP contribution < -0.4 is 5.32 Å². The summed E-state index contributed by atoms with van der Waals surface area (Å²) < 4.78 is 5.23. The van der Waals surface area contributed by atoms with Crippen LogP contribution >= 0.6 is 11.8 Å². The van der Waals surface area contributed by atoms with Gasteiger partial charge < -0.3 is 10.1 Å². The van der Waals surface area contributed by atoms with Crippen LogP contribution in [0, 0.1) is 5.41 Å². The Morgan fingerprint density at radius 3 is 2.92 bits per heavy atom. The van der Waals surface area contributed by atoms with Gasteiger partial charge in [-0.25, -0.2) is 0 Å². The van der Waals surface area contributed by atoms with Crippen LogP contribution in [0.4, 0.5) is 0 Å². The zero-order valence-electron chi connectivity index (χ0n) is 8.34. The molecule has 0 bridgehead atoms. The highest BCUT2D eigenvalue weighted by Gasteiger charge is 2.33. The van der Waals surface area contributed by atoms with Gasteiger partial charge in [0.05, 0.1) is 13.2 Å². The second-order valence-corrected chi connectivity index (χ2v) is 5.75. The molecule has 2 aliphatic rings. The minimum Gasteiger partial charge on any atom is -0.380 e. The average Bonchev–Trinajstić information content (AvgIpc) is 2.13. The van der Waals surface area contributed by atoms with Gasteiger partial charge in [-0.05, 0) is 18.6 Å². The predicted molar refractivity (Wildman–Crippen MR) is 57.3 cm³/mol.